The van der Waals surface area contributed by atoms with Crippen LogP contribution in [0.25, 0.3) is 0 Å². The molecule has 0 aliphatic carbocycles. The van der Waals surface area contributed by atoms with Crippen LogP contribution in [0.1, 0.15) is 36.1 Å². The number of amides is 1. The maximum atomic E-state index is 13.5. The zero-order valence-corrected chi connectivity index (χ0v) is 16.3. The maximum Gasteiger partial charge on any atom is 0.252 e. The van der Waals surface area contributed by atoms with Crippen molar-refractivity contribution in [2.24, 2.45) is 0 Å². The van der Waals surface area contributed by atoms with Crippen molar-refractivity contribution in [3.05, 3.63) is 71.0 Å². The molecular formula is C23H24FNO4. The summed E-state index contributed by atoms with van der Waals surface area (Å²) in [5, 5.41) is 0. The van der Waals surface area contributed by atoms with Crippen molar-refractivity contribution in [2.75, 3.05) is 19.8 Å². The Morgan fingerprint density at radius 1 is 1.21 bits per heavy atom. The molecular weight excluding hydrogens is 373 g/mol. The fourth-order valence-electron chi connectivity index (χ4n) is 4.16. The first-order chi connectivity index (χ1) is 14.1. The van der Waals surface area contributed by atoms with Gasteiger partial charge in [0, 0.05) is 19.6 Å². The Labute approximate surface area is 169 Å². The van der Waals surface area contributed by atoms with Gasteiger partial charge in [0.1, 0.15) is 18.0 Å². The van der Waals surface area contributed by atoms with Gasteiger partial charge in [-0.1, -0.05) is 36.4 Å². The van der Waals surface area contributed by atoms with E-state index in [-0.39, 0.29) is 36.6 Å². The van der Waals surface area contributed by atoms with Crippen LogP contribution in [0.4, 0.5) is 4.39 Å². The SMILES string of the molecule is CCOC1COC(C(=O)N2CCc3ccccc3[C@@H]2c2ccc(F)cc2)CC1=O. The predicted octanol–water partition coefficient (Wildman–Crippen LogP) is 3.06. The summed E-state index contributed by atoms with van der Waals surface area (Å²) in [6.45, 7) is 2.85. The molecule has 0 spiro atoms. The molecule has 1 saturated heterocycles. The van der Waals surface area contributed by atoms with E-state index >= 15 is 0 Å². The lowest BCUT2D eigenvalue weighted by molar-refractivity contribution is -0.164. The number of hydrogen-bond acceptors (Lipinski definition) is 4. The highest BCUT2D eigenvalue weighted by Crippen LogP contribution is 2.36. The van der Waals surface area contributed by atoms with Crippen molar-refractivity contribution in [1.29, 1.82) is 0 Å². The maximum absolute atomic E-state index is 13.5. The van der Waals surface area contributed by atoms with Crippen LogP contribution >= 0.6 is 0 Å². The van der Waals surface area contributed by atoms with Crippen molar-refractivity contribution < 1.29 is 23.5 Å². The molecule has 3 atom stereocenters. The summed E-state index contributed by atoms with van der Waals surface area (Å²) >= 11 is 0. The van der Waals surface area contributed by atoms with Crippen LogP contribution in [-0.4, -0.2) is 48.6 Å². The Balaban J connectivity index is 1.62. The molecule has 2 aromatic carbocycles. The van der Waals surface area contributed by atoms with Gasteiger partial charge in [0.25, 0.3) is 5.91 Å². The third-order valence-corrected chi connectivity index (χ3v) is 5.59. The van der Waals surface area contributed by atoms with E-state index in [0.717, 1.165) is 17.5 Å². The van der Waals surface area contributed by atoms with Crippen LogP contribution < -0.4 is 0 Å². The number of hydrogen-bond donors (Lipinski definition) is 0. The molecule has 1 fully saturated rings. The molecule has 0 aromatic heterocycles. The van der Waals surface area contributed by atoms with Gasteiger partial charge >= 0.3 is 0 Å². The van der Waals surface area contributed by atoms with Crippen LogP contribution in [0.3, 0.4) is 0 Å². The number of fused-ring (bicyclic) bond motifs is 1. The van der Waals surface area contributed by atoms with E-state index in [0.29, 0.717) is 13.2 Å². The topological polar surface area (TPSA) is 55.8 Å². The summed E-state index contributed by atoms with van der Waals surface area (Å²) in [5.41, 5.74) is 3.03. The minimum Gasteiger partial charge on any atom is -0.368 e. The van der Waals surface area contributed by atoms with E-state index < -0.39 is 12.2 Å². The van der Waals surface area contributed by atoms with Crippen molar-refractivity contribution in [3.8, 4) is 0 Å². The highest BCUT2D eigenvalue weighted by molar-refractivity contribution is 5.92. The average Bonchev–Trinajstić information content (AvgIpc) is 2.74. The summed E-state index contributed by atoms with van der Waals surface area (Å²) in [6, 6.07) is 13.9. The average molecular weight is 397 g/mol. The van der Waals surface area contributed by atoms with Gasteiger partial charge in [-0.25, -0.2) is 4.39 Å². The molecule has 2 unspecified atom stereocenters. The number of halogens is 1. The van der Waals surface area contributed by atoms with Crippen molar-refractivity contribution in [1.82, 2.24) is 4.90 Å². The Morgan fingerprint density at radius 2 is 1.97 bits per heavy atom. The number of carbonyl (C=O) groups is 2. The minimum absolute atomic E-state index is 0.0117. The third kappa shape index (κ3) is 3.95. The van der Waals surface area contributed by atoms with Crippen LogP contribution in [0, 0.1) is 5.82 Å². The first kappa shape index (κ1) is 19.7. The highest BCUT2D eigenvalue weighted by Gasteiger charge is 2.40. The Bertz CT molecular complexity index is 898. The standard InChI is InChI=1S/C23H24FNO4/c1-2-28-21-14-29-20(13-19(21)26)23(27)25-12-11-15-5-3-4-6-18(15)22(25)16-7-9-17(24)10-8-16/h3-10,20-22H,2,11-14H2,1H3/t20?,21?,22-/m0/s1. The van der Waals surface area contributed by atoms with Gasteiger partial charge in [-0.3, -0.25) is 9.59 Å². The molecule has 2 aromatic rings. The summed E-state index contributed by atoms with van der Waals surface area (Å²) in [4.78, 5) is 27.5. The lowest BCUT2D eigenvalue weighted by Crippen LogP contribution is -2.50. The minimum atomic E-state index is -0.813. The molecule has 0 N–H and O–H groups in total. The van der Waals surface area contributed by atoms with Gasteiger partial charge in [-0.05, 0) is 42.2 Å². The van der Waals surface area contributed by atoms with Crippen molar-refractivity contribution in [2.45, 2.75) is 38.0 Å². The Hall–Kier alpha value is -2.57. The van der Waals surface area contributed by atoms with Crippen molar-refractivity contribution in [3.63, 3.8) is 0 Å². The summed E-state index contributed by atoms with van der Waals surface area (Å²) in [5.74, 6) is -0.636. The molecule has 0 bridgehead atoms. The lowest BCUT2D eigenvalue weighted by atomic mass is 9.87. The first-order valence-electron chi connectivity index (χ1n) is 9.98. The van der Waals surface area contributed by atoms with Crippen LogP contribution in [0.2, 0.25) is 0 Å². The number of benzene rings is 2. The second-order valence-corrected chi connectivity index (χ2v) is 7.37. The van der Waals surface area contributed by atoms with Crippen LogP contribution in [-0.2, 0) is 25.5 Å². The quantitative estimate of drug-likeness (QED) is 0.796. The number of nitrogens with zero attached hydrogens (tertiary/aromatic N) is 1. The second kappa shape index (κ2) is 8.43. The largest absolute Gasteiger partial charge is 0.368 e. The summed E-state index contributed by atoms with van der Waals surface area (Å²) in [6.07, 6.45) is -0.675. The third-order valence-electron chi connectivity index (χ3n) is 5.59. The van der Waals surface area contributed by atoms with Gasteiger partial charge < -0.3 is 14.4 Å². The smallest absolute Gasteiger partial charge is 0.252 e. The molecule has 4 rings (SSSR count). The molecule has 6 heteroatoms. The number of Topliss-reactive ketones (excluding diaryl/α,β-unsaturated/α-hetero) is 1. The number of ether oxygens (including phenoxy) is 2. The zero-order valence-electron chi connectivity index (χ0n) is 16.3. The van der Waals surface area contributed by atoms with Gasteiger partial charge in [0.15, 0.2) is 5.78 Å². The fraction of sp³-hybridized carbons (Fsp3) is 0.391. The molecule has 1 amide bonds. The molecule has 0 radical (unpaired) electrons. The van der Waals surface area contributed by atoms with E-state index in [2.05, 4.69) is 6.07 Å². The number of rotatable bonds is 4. The lowest BCUT2D eigenvalue weighted by Gasteiger charge is -2.40. The van der Waals surface area contributed by atoms with E-state index in [1.807, 2.05) is 25.1 Å². The highest BCUT2D eigenvalue weighted by atomic mass is 19.1. The van der Waals surface area contributed by atoms with Gasteiger partial charge in [-0.2, -0.15) is 0 Å². The van der Waals surface area contributed by atoms with Crippen LogP contribution in [0.5, 0.6) is 0 Å². The summed E-state index contributed by atoms with van der Waals surface area (Å²) < 4.78 is 24.6. The van der Waals surface area contributed by atoms with E-state index in [1.165, 1.54) is 17.7 Å². The molecule has 0 saturated carbocycles. The molecule has 29 heavy (non-hydrogen) atoms. The fourth-order valence-corrected chi connectivity index (χ4v) is 4.16. The van der Waals surface area contributed by atoms with Crippen molar-refractivity contribution >= 4 is 11.7 Å². The molecule has 2 aliphatic heterocycles. The van der Waals surface area contributed by atoms with Crippen LogP contribution in [0.15, 0.2) is 48.5 Å². The summed E-state index contributed by atoms with van der Waals surface area (Å²) in [7, 11) is 0. The van der Waals surface area contributed by atoms with Gasteiger partial charge in [0.2, 0.25) is 0 Å². The zero-order chi connectivity index (χ0) is 20.4. The van der Waals surface area contributed by atoms with E-state index in [9.17, 15) is 14.0 Å². The molecule has 2 heterocycles. The second-order valence-electron chi connectivity index (χ2n) is 7.37. The normalized spacial score (nSPS) is 24.3. The van der Waals surface area contributed by atoms with Gasteiger partial charge in [0.05, 0.1) is 12.6 Å². The van der Waals surface area contributed by atoms with Gasteiger partial charge in [-0.15, -0.1) is 0 Å². The van der Waals surface area contributed by atoms with E-state index in [1.54, 1.807) is 17.0 Å². The molecule has 152 valence electrons. The predicted molar refractivity (Wildman–Crippen MR) is 105 cm³/mol. The first-order valence-corrected chi connectivity index (χ1v) is 9.98. The van der Waals surface area contributed by atoms with E-state index in [4.69, 9.17) is 9.47 Å². The molecule has 2 aliphatic rings. The Morgan fingerprint density at radius 3 is 2.69 bits per heavy atom. The molecule has 5 nitrogen and oxygen atoms in total. The number of carbonyl (C=O) groups excluding carboxylic acids is 2. The number of ketones is 1. The Kier molecular flexibility index (Phi) is 5.74. The monoisotopic (exact) mass is 397 g/mol.